The zero-order valence-corrected chi connectivity index (χ0v) is 23.5. The highest BCUT2D eigenvalue weighted by Gasteiger charge is 2.29. The van der Waals surface area contributed by atoms with Gasteiger partial charge < -0.3 is 9.80 Å². The Hall–Kier alpha value is -5.14. The highest BCUT2D eigenvalue weighted by molar-refractivity contribution is 7.00. The fraction of sp³-hybridized carbons (Fsp3) is 0.0588. The lowest BCUT2D eigenvalue weighted by molar-refractivity contribution is 1.10. The van der Waals surface area contributed by atoms with Gasteiger partial charge in [0.2, 0.25) is 0 Å². The van der Waals surface area contributed by atoms with Gasteiger partial charge in [0.05, 0.1) is 23.1 Å². The van der Waals surface area contributed by atoms with Gasteiger partial charge in [-0.25, -0.2) is 9.97 Å². The number of hydrogen-bond acceptors (Lipinski definition) is 7. The summed E-state index contributed by atoms with van der Waals surface area (Å²) in [6.07, 6.45) is 0. The minimum Gasteiger partial charge on any atom is -0.306 e. The fourth-order valence-electron chi connectivity index (χ4n) is 5.20. The van der Waals surface area contributed by atoms with Crippen LogP contribution in [0.2, 0.25) is 0 Å². The second kappa shape index (κ2) is 10.4. The molecule has 0 atom stereocenters. The van der Waals surface area contributed by atoms with Gasteiger partial charge in [-0.1, -0.05) is 72.8 Å². The first kappa shape index (κ1) is 24.9. The highest BCUT2D eigenvalue weighted by atomic mass is 32.1. The van der Waals surface area contributed by atoms with E-state index in [1.807, 2.05) is 86.6 Å². The molecule has 0 saturated carbocycles. The first-order valence-corrected chi connectivity index (χ1v) is 14.2. The van der Waals surface area contributed by atoms with E-state index >= 15 is 0 Å². The number of benzene rings is 5. The second-order valence-corrected chi connectivity index (χ2v) is 10.3. The Morgan fingerprint density at radius 2 is 0.707 bits per heavy atom. The van der Waals surface area contributed by atoms with Gasteiger partial charge >= 0.3 is 0 Å². The Morgan fingerprint density at radius 3 is 1.00 bits per heavy atom. The molecule has 7 rings (SSSR count). The quantitative estimate of drug-likeness (QED) is 0.192. The van der Waals surface area contributed by atoms with Crippen molar-refractivity contribution in [3.05, 3.63) is 133 Å². The predicted octanol–water partition coefficient (Wildman–Crippen LogP) is 9.19. The molecule has 7 heteroatoms. The molecule has 0 aliphatic heterocycles. The maximum absolute atomic E-state index is 5.21. The molecule has 6 nitrogen and oxygen atoms in total. The largest absolute Gasteiger partial charge is 0.306 e. The highest BCUT2D eigenvalue weighted by Crippen LogP contribution is 2.49. The van der Waals surface area contributed by atoms with Crippen molar-refractivity contribution < 1.29 is 0 Å². The van der Waals surface area contributed by atoms with Crippen molar-refractivity contribution in [3.8, 4) is 0 Å². The second-order valence-electron chi connectivity index (χ2n) is 9.76. The van der Waals surface area contributed by atoms with Gasteiger partial charge in [0, 0.05) is 22.7 Å². The van der Waals surface area contributed by atoms with Crippen LogP contribution >= 0.6 is 11.7 Å². The van der Waals surface area contributed by atoms with E-state index in [1.165, 1.54) is 11.7 Å². The number of nitrogens with zero attached hydrogens (tertiary/aromatic N) is 6. The van der Waals surface area contributed by atoms with E-state index in [-0.39, 0.29) is 0 Å². The molecule has 0 saturated heterocycles. The van der Waals surface area contributed by atoms with Gasteiger partial charge in [0.1, 0.15) is 33.4 Å². The molecule has 2 aromatic heterocycles. The number of para-hydroxylation sites is 4. The molecule has 5 aromatic carbocycles. The first-order valence-electron chi connectivity index (χ1n) is 13.4. The zero-order chi connectivity index (χ0) is 27.8. The van der Waals surface area contributed by atoms with E-state index < -0.39 is 0 Å². The van der Waals surface area contributed by atoms with Gasteiger partial charge in [0.15, 0.2) is 0 Å². The summed E-state index contributed by atoms with van der Waals surface area (Å²) in [6.45, 7) is 4.02. The molecule has 2 heterocycles. The minimum atomic E-state index is 0.771. The number of anilines is 6. The monoisotopic (exact) mass is 550 g/mol. The molecule has 0 radical (unpaired) electrons. The van der Waals surface area contributed by atoms with Crippen molar-refractivity contribution >= 4 is 67.9 Å². The average molecular weight is 551 g/mol. The van der Waals surface area contributed by atoms with Gasteiger partial charge in [-0.3, -0.25) is 0 Å². The number of hydrogen-bond donors (Lipinski definition) is 0. The first-order chi connectivity index (χ1) is 20.2. The van der Waals surface area contributed by atoms with E-state index in [1.54, 1.807) is 0 Å². The molecule has 0 bridgehead atoms. The van der Waals surface area contributed by atoms with Crippen molar-refractivity contribution in [2.75, 3.05) is 9.80 Å². The van der Waals surface area contributed by atoms with E-state index in [0.717, 1.165) is 67.6 Å². The van der Waals surface area contributed by atoms with Gasteiger partial charge in [0.25, 0.3) is 0 Å². The van der Waals surface area contributed by atoms with Crippen molar-refractivity contribution in [2.24, 2.45) is 0 Å². The van der Waals surface area contributed by atoms with Crippen LogP contribution in [-0.2, 0) is 0 Å². The number of aromatic nitrogens is 4. The van der Waals surface area contributed by atoms with Crippen LogP contribution in [0.1, 0.15) is 11.4 Å². The van der Waals surface area contributed by atoms with Gasteiger partial charge in [-0.15, -0.1) is 0 Å². The van der Waals surface area contributed by atoms with Crippen LogP contribution in [0.4, 0.5) is 34.1 Å². The average Bonchev–Trinajstić information content (AvgIpc) is 3.51. The van der Waals surface area contributed by atoms with Crippen LogP contribution in [0.5, 0.6) is 0 Å². The lowest BCUT2D eigenvalue weighted by Crippen LogP contribution is -2.16. The van der Waals surface area contributed by atoms with E-state index in [4.69, 9.17) is 18.7 Å². The Labute approximate surface area is 242 Å². The maximum Gasteiger partial charge on any atom is 0.133 e. The zero-order valence-electron chi connectivity index (χ0n) is 22.6. The summed E-state index contributed by atoms with van der Waals surface area (Å²) in [5.74, 6) is 0. The third-order valence-electron chi connectivity index (χ3n) is 7.20. The Morgan fingerprint density at radius 1 is 0.415 bits per heavy atom. The van der Waals surface area contributed by atoms with Crippen molar-refractivity contribution in [2.45, 2.75) is 13.8 Å². The molecule has 0 aliphatic carbocycles. The summed E-state index contributed by atoms with van der Waals surface area (Å²) in [5, 5.41) is 0. The van der Waals surface area contributed by atoms with Crippen LogP contribution in [0, 0.1) is 13.8 Å². The molecular formula is C34H26N6S. The van der Waals surface area contributed by atoms with Gasteiger partial charge in [-0.2, -0.15) is 8.75 Å². The lowest BCUT2D eigenvalue weighted by atomic mass is 10.1. The summed E-state index contributed by atoms with van der Waals surface area (Å²) in [7, 11) is 0. The van der Waals surface area contributed by atoms with E-state index in [2.05, 4.69) is 58.3 Å². The van der Waals surface area contributed by atoms with Crippen LogP contribution in [0.15, 0.2) is 121 Å². The topological polar surface area (TPSA) is 58.0 Å². The molecule has 0 spiro atoms. The summed E-state index contributed by atoms with van der Waals surface area (Å²) in [5.41, 5.74) is 10.6. The molecule has 0 unspecified atom stereocenters. The third kappa shape index (κ3) is 4.37. The molecule has 0 amide bonds. The van der Waals surface area contributed by atoms with Crippen molar-refractivity contribution in [1.82, 2.24) is 18.7 Å². The molecule has 0 fully saturated rings. The SMILES string of the molecule is Cc1nc2c(N(c3ccccc3)c3ccccc3)c3nsnc3c(N(c3ccccc3)c3ccccc3)c2nc1C. The van der Waals surface area contributed by atoms with Crippen molar-refractivity contribution in [3.63, 3.8) is 0 Å². The molecular weight excluding hydrogens is 524 g/mol. The Bertz CT molecular complexity index is 1740. The number of rotatable bonds is 6. The molecule has 41 heavy (non-hydrogen) atoms. The summed E-state index contributed by atoms with van der Waals surface area (Å²) in [6, 6.07) is 41.3. The van der Waals surface area contributed by atoms with E-state index in [9.17, 15) is 0 Å². The summed E-state index contributed by atoms with van der Waals surface area (Å²) in [4.78, 5) is 14.9. The van der Waals surface area contributed by atoms with Gasteiger partial charge in [-0.05, 0) is 62.4 Å². The summed E-state index contributed by atoms with van der Waals surface area (Å²) < 4.78 is 9.84. The Kier molecular flexibility index (Phi) is 6.34. The number of aryl methyl sites for hydroxylation is 2. The minimum absolute atomic E-state index is 0.771. The molecule has 0 aliphatic rings. The molecule has 7 aromatic rings. The number of fused-ring (bicyclic) bond motifs is 2. The van der Waals surface area contributed by atoms with Crippen LogP contribution < -0.4 is 9.80 Å². The van der Waals surface area contributed by atoms with Crippen LogP contribution in [0.3, 0.4) is 0 Å². The van der Waals surface area contributed by atoms with Crippen LogP contribution in [0.25, 0.3) is 22.1 Å². The normalized spacial score (nSPS) is 11.2. The summed E-state index contributed by atoms with van der Waals surface area (Å²) >= 11 is 1.21. The smallest absolute Gasteiger partial charge is 0.133 e. The lowest BCUT2D eigenvalue weighted by Gasteiger charge is -2.30. The third-order valence-corrected chi connectivity index (χ3v) is 7.73. The predicted molar refractivity (Wildman–Crippen MR) is 169 cm³/mol. The Balaban J connectivity index is 1.64. The molecule has 198 valence electrons. The standard InChI is InChI=1S/C34H26N6S/c1-23-24(2)36-30-29(35-23)33(39(25-15-7-3-8-16-25)26-17-9-4-10-18-26)31-32(38-41-37-31)34(30)40(27-19-11-5-12-20-27)28-21-13-6-14-22-28/h3-22H,1-2H3. The molecule has 0 N–H and O–H groups in total. The van der Waals surface area contributed by atoms with Crippen LogP contribution in [-0.4, -0.2) is 18.7 Å². The maximum atomic E-state index is 5.21. The van der Waals surface area contributed by atoms with Crippen molar-refractivity contribution in [1.29, 1.82) is 0 Å². The fourth-order valence-corrected chi connectivity index (χ4v) is 5.75. The van der Waals surface area contributed by atoms with E-state index in [0.29, 0.717) is 0 Å².